The second kappa shape index (κ2) is 8.16. The summed E-state index contributed by atoms with van der Waals surface area (Å²) in [7, 11) is -0.00908. The Morgan fingerprint density at radius 3 is 2.24 bits per heavy atom. The van der Waals surface area contributed by atoms with Gasteiger partial charge in [0.05, 0.1) is 21.3 Å². The summed E-state index contributed by atoms with van der Waals surface area (Å²) in [6.45, 7) is 0. The lowest BCUT2D eigenvalue weighted by Crippen LogP contribution is -2.04. The van der Waals surface area contributed by atoms with Crippen molar-refractivity contribution in [2.24, 2.45) is 0 Å². The lowest BCUT2D eigenvalue weighted by molar-refractivity contribution is 0.299. The summed E-state index contributed by atoms with van der Waals surface area (Å²) in [5.74, 6) is 1.50. The molecule has 3 aromatic rings. The molecule has 0 unspecified atom stereocenters. The smallest absolute Gasteiger partial charge is 0.362 e. The van der Waals surface area contributed by atoms with Crippen LogP contribution in [0.25, 0.3) is 22.3 Å². The van der Waals surface area contributed by atoms with Gasteiger partial charge < -0.3 is 33.2 Å². The quantitative estimate of drug-likeness (QED) is 0.553. The van der Waals surface area contributed by atoms with Gasteiger partial charge in [0.1, 0.15) is 28.2 Å². The minimum absolute atomic E-state index is 0.0882. The first-order valence-corrected chi connectivity index (χ1v) is 10.1. The highest BCUT2D eigenvalue weighted by molar-refractivity contribution is 7.51. The maximum absolute atomic E-state index is 12.7. The first-order chi connectivity index (χ1) is 13.8. The SMILES string of the molecule is COc1ccc(-c2cc(=O)c3c(OC)cc(OCP(=O)(O)O)cc3o2)cc1OC. The molecule has 0 aliphatic carbocycles. The molecule has 9 nitrogen and oxygen atoms in total. The molecular weight excluding hydrogens is 403 g/mol. The van der Waals surface area contributed by atoms with Gasteiger partial charge in [0, 0.05) is 23.8 Å². The third kappa shape index (κ3) is 4.54. The summed E-state index contributed by atoms with van der Waals surface area (Å²) in [5.41, 5.74) is 0.360. The van der Waals surface area contributed by atoms with Crippen LogP contribution in [-0.2, 0) is 4.57 Å². The Labute approximate surface area is 165 Å². The Bertz CT molecular complexity index is 1150. The summed E-state index contributed by atoms with van der Waals surface area (Å²) in [4.78, 5) is 30.7. The molecule has 1 aromatic heterocycles. The van der Waals surface area contributed by atoms with Gasteiger partial charge in [0.25, 0.3) is 0 Å². The largest absolute Gasteiger partial charge is 0.496 e. The van der Waals surface area contributed by atoms with Crippen LogP contribution < -0.4 is 24.4 Å². The van der Waals surface area contributed by atoms with E-state index in [4.69, 9.17) is 33.2 Å². The van der Waals surface area contributed by atoms with Crippen molar-refractivity contribution in [1.29, 1.82) is 0 Å². The molecule has 0 spiro atoms. The number of benzene rings is 2. The Balaban J connectivity index is 2.14. The van der Waals surface area contributed by atoms with Crippen LogP contribution in [0.1, 0.15) is 0 Å². The van der Waals surface area contributed by atoms with Crippen LogP contribution in [0.2, 0.25) is 0 Å². The second-order valence-electron chi connectivity index (χ2n) is 5.98. The molecule has 3 rings (SSSR count). The molecule has 2 N–H and O–H groups in total. The molecule has 0 saturated carbocycles. The Morgan fingerprint density at radius 1 is 0.931 bits per heavy atom. The number of ether oxygens (including phenoxy) is 4. The predicted octanol–water partition coefficient (Wildman–Crippen LogP) is 3.00. The number of hydrogen-bond donors (Lipinski definition) is 2. The fourth-order valence-corrected chi connectivity index (χ4v) is 3.08. The van der Waals surface area contributed by atoms with Gasteiger partial charge in [0.2, 0.25) is 0 Å². The molecule has 0 aliphatic rings. The molecule has 0 amide bonds. The van der Waals surface area contributed by atoms with Crippen molar-refractivity contribution in [2.75, 3.05) is 27.7 Å². The first-order valence-electron chi connectivity index (χ1n) is 8.31. The van der Waals surface area contributed by atoms with Crippen LogP contribution in [-0.4, -0.2) is 37.5 Å². The zero-order chi connectivity index (χ0) is 21.2. The highest BCUT2D eigenvalue weighted by atomic mass is 31.2. The van der Waals surface area contributed by atoms with E-state index in [-0.39, 0.29) is 33.7 Å². The molecule has 0 saturated heterocycles. The van der Waals surface area contributed by atoms with Crippen LogP contribution >= 0.6 is 7.60 Å². The summed E-state index contributed by atoms with van der Waals surface area (Å²) in [5, 5.41) is 0.181. The maximum atomic E-state index is 12.7. The van der Waals surface area contributed by atoms with E-state index < -0.39 is 13.9 Å². The molecule has 0 aliphatic heterocycles. The minimum atomic E-state index is -4.38. The number of rotatable bonds is 7. The monoisotopic (exact) mass is 422 g/mol. The zero-order valence-electron chi connectivity index (χ0n) is 15.9. The Morgan fingerprint density at radius 2 is 1.62 bits per heavy atom. The molecule has 1 heterocycles. The van der Waals surface area contributed by atoms with Crippen molar-refractivity contribution in [2.45, 2.75) is 0 Å². The number of fused-ring (bicyclic) bond motifs is 1. The standard InChI is InChI=1S/C19H19O9P/c1-24-14-5-4-11(6-16(14)25-2)15-9-13(20)19-17(26-3)7-12(8-18(19)28-15)27-10-29(21,22)23/h4-9H,10H2,1-3H3,(H2,21,22,23). The van der Waals surface area contributed by atoms with Gasteiger partial charge in [-0.05, 0) is 18.2 Å². The van der Waals surface area contributed by atoms with Crippen LogP contribution in [0.3, 0.4) is 0 Å². The van der Waals surface area contributed by atoms with Crippen LogP contribution in [0.5, 0.6) is 23.0 Å². The van der Waals surface area contributed by atoms with Crippen molar-refractivity contribution in [3.05, 3.63) is 46.6 Å². The van der Waals surface area contributed by atoms with Crippen LogP contribution in [0.15, 0.2) is 45.6 Å². The Hall–Kier alpha value is -3.00. The van der Waals surface area contributed by atoms with Crippen molar-refractivity contribution in [1.82, 2.24) is 0 Å². The molecule has 10 heteroatoms. The van der Waals surface area contributed by atoms with Crippen LogP contribution in [0.4, 0.5) is 0 Å². The lowest BCUT2D eigenvalue weighted by Gasteiger charge is -2.12. The molecule has 29 heavy (non-hydrogen) atoms. The summed E-state index contributed by atoms with van der Waals surface area (Å²) in [6, 6.07) is 9.11. The molecule has 0 radical (unpaired) electrons. The molecule has 0 bridgehead atoms. The van der Waals surface area contributed by atoms with Crippen molar-refractivity contribution in [3.63, 3.8) is 0 Å². The van der Waals surface area contributed by atoms with Crippen molar-refractivity contribution in [3.8, 4) is 34.3 Å². The third-order valence-electron chi connectivity index (χ3n) is 4.06. The molecule has 154 valence electrons. The van der Waals surface area contributed by atoms with Gasteiger partial charge in [-0.3, -0.25) is 9.36 Å². The second-order valence-corrected chi connectivity index (χ2v) is 7.57. The topological polar surface area (TPSA) is 125 Å². The number of methoxy groups -OCH3 is 3. The van der Waals surface area contributed by atoms with E-state index in [1.807, 2.05) is 0 Å². The van der Waals surface area contributed by atoms with E-state index in [1.165, 1.54) is 39.5 Å². The molecular formula is C19H19O9P. The van der Waals surface area contributed by atoms with E-state index >= 15 is 0 Å². The Kier molecular flexibility index (Phi) is 5.83. The summed E-state index contributed by atoms with van der Waals surface area (Å²) < 4.78 is 37.8. The fraction of sp³-hybridized carbons (Fsp3) is 0.211. The van der Waals surface area contributed by atoms with Crippen molar-refractivity contribution >= 4 is 18.6 Å². The third-order valence-corrected chi connectivity index (χ3v) is 4.52. The first kappa shape index (κ1) is 20.7. The van der Waals surface area contributed by atoms with Crippen LogP contribution in [0, 0.1) is 0 Å². The molecule has 2 aromatic carbocycles. The van der Waals surface area contributed by atoms with Gasteiger partial charge in [-0.15, -0.1) is 0 Å². The normalized spacial score (nSPS) is 11.3. The predicted molar refractivity (Wildman–Crippen MR) is 105 cm³/mol. The maximum Gasteiger partial charge on any atom is 0.362 e. The molecule has 0 atom stereocenters. The number of hydrogen-bond acceptors (Lipinski definition) is 7. The van der Waals surface area contributed by atoms with E-state index in [9.17, 15) is 9.36 Å². The van der Waals surface area contributed by atoms with Gasteiger partial charge in [0.15, 0.2) is 23.3 Å². The van der Waals surface area contributed by atoms with E-state index in [0.717, 1.165) is 0 Å². The van der Waals surface area contributed by atoms with Gasteiger partial charge >= 0.3 is 7.60 Å². The average Bonchev–Trinajstić information content (AvgIpc) is 2.70. The fourth-order valence-electron chi connectivity index (χ4n) is 2.76. The highest BCUT2D eigenvalue weighted by Gasteiger charge is 2.18. The zero-order valence-corrected chi connectivity index (χ0v) is 16.8. The van der Waals surface area contributed by atoms with Crippen molar-refractivity contribution < 1.29 is 37.7 Å². The average molecular weight is 422 g/mol. The molecule has 0 fully saturated rings. The minimum Gasteiger partial charge on any atom is -0.496 e. The van der Waals surface area contributed by atoms with Gasteiger partial charge in [-0.1, -0.05) is 0 Å². The summed E-state index contributed by atoms with van der Waals surface area (Å²) in [6.07, 6.45) is -0.818. The lowest BCUT2D eigenvalue weighted by atomic mass is 10.1. The summed E-state index contributed by atoms with van der Waals surface area (Å²) >= 11 is 0. The van der Waals surface area contributed by atoms with Gasteiger partial charge in [-0.25, -0.2) is 0 Å². The van der Waals surface area contributed by atoms with E-state index in [0.29, 0.717) is 17.1 Å². The van der Waals surface area contributed by atoms with E-state index in [2.05, 4.69) is 0 Å². The van der Waals surface area contributed by atoms with Gasteiger partial charge in [-0.2, -0.15) is 0 Å². The highest BCUT2D eigenvalue weighted by Crippen LogP contribution is 2.38. The van der Waals surface area contributed by atoms with E-state index in [1.54, 1.807) is 18.2 Å².